The lowest BCUT2D eigenvalue weighted by molar-refractivity contribution is -0.119. The summed E-state index contributed by atoms with van der Waals surface area (Å²) in [5, 5.41) is 17.6. The van der Waals surface area contributed by atoms with Crippen molar-refractivity contribution < 1.29 is 9.53 Å². The third-order valence-electron chi connectivity index (χ3n) is 4.63. The molecule has 4 rings (SSSR count). The summed E-state index contributed by atoms with van der Waals surface area (Å²) in [4.78, 5) is 13.9. The molecule has 0 saturated carbocycles. The van der Waals surface area contributed by atoms with Crippen LogP contribution in [0.3, 0.4) is 0 Å². The number of ether oxygens (including phenoxy) is 1. The lowest BCUT2D eigenvalue weighted by atomic mass is 10.0. The van der Waals surface area contributed by atoms with Crippen LogP contribution in [0.25, 0.3) is 5.69 Å². The van der Waals surface area contributed by atoms with Crippen LogP contribution in [0.1, 0.15) is 22.0 Å². The molecule has 0 aliphatic heterocycles. The van der Waals surface area contributed by atoms with Crippen LogP contribution in [0.15, 0.2) is 71.2 Å². The van der Waals surface area contributed by atoms with Gasteiger partial charge in [-0.25, -0.2) is 0 Å². The summed E-state index contributed by atoms with van der Waals surface area (Å²) >= 11 is 2.90. The van der Waals surface area contributed by atoms with Gasteiger partial charge in [0.2, 0.25) is 11.1 Å². The molecule has 9 heteroatoms. The highest BCUT2D eigenvalue weighted by Gasteiger charge is 2.19. The van der Waals surface area contributed by atoms with Crippen LogP contribution in [0.4, 0.5) is 0 Å². The third-order valence-corrected chi connectivity index (χ3v) is 6.49. The van der Waals surface area contributed by atoms with Crippen molar-refractivity contribution in [1.82, 2.24) is 25.5 Å². The van der Waals surface area contributed by atoms with Crippen molar-refractivity contribution >= 4 is 29.0 Å². The van der Waals surface area contributed by atoms with Gasteiger partial charge in [-0.15, -0.1) is 16.4 Å². The highest BCUT2D eigenvalue weighted by molar-refractivity contribution is 7.99. The molecule has 4 aromatic rings. The van der Waals surface area contributed by atoms with Gasteiger partial charge in [0.25, 0.3) is 0 Å². The number of hydrogen-bond donors (Lipinski definition) is 1. The molecule has 0 radical (unpaired) electrons. The van der Waals surface area contributed by atoms with E-state index in [1.165, 1.54) is 17.3 Å². The van der Waals surface area contributed by atoms with E-state index in [1.807, 2.05) is 48.7 Å². The molecule has 1 N–H and O–H groups in total. The van der Waals surface area contributed by atoms with Gasteiger partial charge in [-0.2, -0.15) is 4.68 Å². The average molecular weight is 452 g/mol. The molecule has 2 heterocycles. The van der Waals surface area contributed by atoms with Crippen LogP contribution < -0.4 is 10.1 Å². The van der Waals surface area contributed by atoms with Crippen LogP contribution in [-0.2, 0) is 4.79 Å². The van der Waals surface area contributed by atoms with Gasteiger partial charge in [-0.05, 0) is 46.5 Å². The lowest BCUT2D eigenvalue weighted by Crippen LogP contribution is -2.30. The van der Waals surface area contributed by atoms with E-state index in [9.17, 15) is 4.79 Å². The number of carbonyl (C=O) groups excluding carboxylic acids is 1. The highest BCUT2D eigenvalue weighted by Crippen LogP contribution is 2.28. The smallest absolute Gasteiger partial charge is 0.231 e. The quantitative estimate of drug-likeness (QED) is 0.407. The SMILES string of the molecule is COc1ccccc1-n1nnnc1SCC(=O)NC(c1ccc(C)cc1)c1cccs1. The molecule has 2 aromatic heterocycles. The Morgan fingerprint density at radius 3 is 2.71 bits per heavy atom. The van der Waals surface area contributed by atoms with Crippen molar-refractivity contribution in [1.29, 1.82) is 0 Å². The topological polar surface area (TPSA) is 81.9 Å². The normalized spacial score (nSPS) is 11.8. The van der Waals surface area contributed by atoms with Crippen LogP contribution >= 0.6 is 23.1 Å². The standard InChI is InChI=1S/C22H21N5O2S2/c1-15-9-11-16(12-10-15)21(19-8-5-13-30-19)23-20(28)14-31-22-24-25-26-27(22)17-6-3-4-7-18(17)29-2/h3-13,21H,14H2,1-2H3,(H,23,28). The van der Waals surface area contributed by atoms with E-state index in [-0.39, 0.29) is 17.7 Å². The first-order valence-electron chi connectivity index (χ1n) is 9.59. The number of rotatable bonds is 8. The minimum atomic E-state index is -0.195. The van der Waals surface area contributed by atoms with Crippen LogP contribution in [0.5, 0.6) is 5.75 Å². The van der Waals surface area contributed by atoms with Crippen molar-refractivity contribution in [3.05, 3.63) is 82.0 Å². The van der Waals surface area contributed by atoms with Crippen molar-refractivity contribution in [2.45, 2.75) is 18.1 Å². The summed E-state index contributed by atoms with van der Waals surface area (Å²) in [5.74, 6) is 0.736. The fourth-order valence-corrected chi connectivity index (χ4v) is 4.59. The number of nitrogens with zero attached hydrogens (tertiary/aromatic N) is 4. The number of nitrogens with one attached hydrogen (secondary N) is 1. The Morgan fingerprint density at radius 1 is 1.16 bits per heavy atom. The molecule has 0 spiro atoms. The summed E-state index contributed by atoms with van der Waals surface area (Å²) < 4.78 is 6.97. The van der Waals surface area contributed by atoms with E-state index in [0.29, 0.717) is 16.6 Å². The third kappa shape index (κ3) is 4.95. The molecule has 7 nitrogen and oxygen atoms in total. The average Bonchev–Trinajstić information content (AvgIpc) is 3.49. The maximum atomic E-state index is 12.8. The van der Waals surface area contributed by atoms with Crippen molar-refractivity contribution in [3.63, 3.8) is 0 Å². The molecular formula is C22H21N5O2S2. The number of hydrogen-bond acceptors (Lipinski definition) is 7. The second-order valence-electron chi connectivity index (χ2n) is 6.76. The highest BCUT2D eigenvalue weighted by atomic mass is 32.2. The van der Waals surface area contributed by atoms with Gasteiger partial charge < -0.3 is 10.1 Å². The number of aromatic nitrogens is 4. The Kier molecular flexibility index (Phi) is 6.63. The summed E-state index contributed by atoms with van der Waals surface area (Å²) in [6.07, 6.45) is 0. The first kappa shape index (κ1) is 21.1. The number of para-hydroxylation sites is 2. The Morgan fingerprint density at radius 2 is 1.97 bits per heavy atom. The Labute approximate surface area is 188 Å². The zero-order valence-electron chi connectivity index (χ0n) is 17.1. The van der Waals surface area contributed by atoms with E-state index in [2.05, 4.69) is 45.1 Å². The predicted octanol–water partition coefficient (Wildman–Crippen LogP) is 4.04. The summed E-state index contributed by atoms with van der Waals surface area (Å²) in [7, 11) is 1.60. The summed E-state index contributed by atoms with van der Waals surface area (Å²) in [6.45, 7) is 2.05. The lowest BCUT2D eigenvalue weighted by Gasteiger charge is -2.18. The van der Waals surface area contributed by atoms with Gasteiger partial charge in [-0.3, -0.25) is 4.79 Å². The molecule has 0 aliphatic carbocycles. The summed E-state index contributed by atoms with van der Waals surface area (Å²) in [6, 6.07) is 19.5. The zero-order valence-corrected chi connectivity index (χ0v) is 18.7. The first-order chi connectivity index (χ1) is 15.2. The summed E-state index contributed by atoms with van der Waals surface area (Å²) in [5.41, 5.74) is 2.94. The molecule has 1 unspecified atom stereocenters. The van der Waals surface area contributed by atoms with Crippen LogP contribution in [0.2, 0.25) is 0 Å². The molecular weight excluding hydrogens is 430 g/mol. The molecule has 158 valence electrons. The maximum Gasteiger partial charge on any atom is 0.231 e. The number of carbonyl (C=O) groups is 1. The number of amides is 1. The number of aryl methyl sites for hydroxylation is 1. The molecule has 0 saturated heterocycles. The van der Waals surface area contributed by atoms with Crippen molar-refractivity contribution in [3.8, 4) is 11.4 Å². The van der Waals surface area contributed by atoms with E-state index < -0.39 is 0 Å². The molecule has 0 bridgehead atoms. The maximum absolute atomic E-state index is 12.8. The van der Waals surface area contributed by atoms with Gasteiger partial charge in [-0.1, -0.05) is 59.8 Å². The molecule has 1 atom stereocenters. The Balaban J connectivity index is 1.48. The fourth-order valence-electron chi connectivity index (χ4n) is 3.09. The van der Waals surface area contributed by atoms with Crippen molar-refractivity contribution in [2.75, 3.05) is 12.9 Å². The first-order valence-corrected chi connectivity index (χ1v) is 11.5. The van der Waals surface area contributed by atoms with Gasteiger partial charge in [0, 0.05) is 4.88 Å². The van der Waals surface area contributed by atoms with Gasteiger partial charge in [0.05, 0.1) is 18.9 Å². The fraction of sp³-hybridized carbons (Fsp3) is 0.182. The Hall–Kier alpha value is -3.17. The van der Waals surface area contributed by atoms with E-state index in [4.69, 9.17) is 4.74 Å². The van der Waals surface area contributed by atoms with Crippen molar-refractivity contribution in [2.24, 2.45) is 0 Å². The number of thioether (sulfide) groups is 1. The second-order valence-corrected chi connectivity index (χ2v) is 8.68. The number of thiophene rings is 1. The van der Waals surface area contributed by atoms with Crippen LogP contribution in [0, 0.1) is 6.92 Å². The van der Waals surface area contributed by atoms with Gasteiger partial charge >= 0.3 is 0 Å². The molecule has 31 heavy (non-hydrogen) atoms. The Bertz CT molecular complexity index is 1140. The largest absolute Gasteiger partial charge is 0.494 e. The van der Waals surface area contributed by atoms with Gasteiger partial charge in [0.15, 0.2) is 0 Å². The predicted molar refractivity (Wildman–Crippen MR) is 122 cm³/mol. The molecule has 2 aromatic carbocycles. The second kappa shape index (κ2) is 9.76. The number of methoxy groups -OCH3 is 1. The molecule has 0 aliphatic rings. The minimum Gasteiger partial charge on any atom is -0.494 e. The van der Waals surface area contributed by atoms with E-state index >= 15 is 0 Å². The van der Waals surface area contributed by atoms with E-state index in [1.54, 1.807) is 23.1 Å². The monoisotopic (exact) mass is 451 g/mol. The van der Waals surface area contributed by atoms with Crippen LogP contribution in [-0.4, -0.2) is 39.0 Å². The zero-order chi connectivity index (χ0) is 21.6. The van der Waals surface area contributed by atoms with E-state index in [0.717, 1.165) is 10.4 Å². The molecule has 1 amide bonds. The van der Waals surface area contributed by atoms with Gasteiger partial charge in [0.1, 0.15) is 11.4 Å². The number of benzene rings is 2. The minimum absolute atomic E-state index is 0.0986. The molecule has 0 fully saturated rings. The number of tetrazole rings is 1.